The van der Waals surface area contributed by atoms with E-state index in [4.69, 9.17) is 13.8 Å². The molecule has 0 radical (unpaired) electrons. The normalized spacial score (nSPS) is 17.9. The summed E-state index contributed by atoms with van der Waals surface area (Å²) in [7, 11) is -4.15. The average molecular weight is 776 g/mol. The predicted octanol–water partition coefficient (Wildman–Crippen LogP) is 6.62. The lowest BCUT2D eigenvalue weighted by atomic mass is 9.74. The number of aromatic nitrogens is 1. The highest BCUT2D eigenvalue weighted by Crippen LogP contribution is 2.43. The Morgan fingerprint density at radius 1 is 0.796 bits per heavy atom. The fraction of sp³-hybridized carbons (Fsp3) is 0.378. The zero-order valence-electron chi connectivity index (χ0n) is 33.1. The highest BCUT2D eigenvalue weighted by atomic mass is 32.1. The number of thiazole rings is 1. The van der Waals surface area contributed by atoms with Crippen LogP contribution < -0.4 is 31.0 Å². The maximum absolute atomic E-state index is 14.3. The number of rotatable bonds is 14. The highest BCUT2D eigenvalue weighted by molar-refractivity contribution is 7.14. The van der Waals surface area contributed by atoms with Crippen molar-refractivity contribution in [3.8, 4) is 0 Å². The summed E-state index contributed by atoms with van der Waals surface area (Å²) in [6.45, 7) is 18.8. The van der Waals surface area contributed by atoms with Crippen LogP contribution >= 0.6 is 11.3 Å². The van der Waals surface area contributed by atoms with Crippen LogP contribution in [0, 0.1) is 22.7 Å². The topological polar surface area (TPSA) is 63.7 Å². The van der Waals surface area contributed by atoms with Gasteiger partial charge < -0.3 is 19.1 Å². The van der Waals surface area contributed by atoms with E-state index in [-0.39, 0.29) is 41.0 Å². The Morgan fingerprint density at radius 3 is 1.69 bits per heavy atom. The van der Waals surface area contributed by atoms with Crippen molar-refractivity contribution in [3.05, 3.63) is 132 Å². The summed E-state index contributed by atoms with van der Waals surface area (Å²) in [5, 5.41) is 11.1. The number of nitrogens with one attached hydrogen (secondary N) is 1. The molecule has 9 heteroatoms. The Kier molecular flexibility index (Phi) is 12.8. The molecule has 6 rings (SSSR count). The number of hydrogen-bond donors (Lipinski definition) is 1. The first kappa shape index (κ1) is 39.8. The van der Waals surface area contributed by atoms with Crippen LogP contribution in [0.2, 0.25) is 0 Å². The van der Waals surface area contributed by atoms with Gasteiger partial charge in [-0.1, -0.05) is 183 Å². The Labute approximate surface area is 330 Å². The molecule has 5 atom stereocenters. The number of nitrogens with zero attached hydrogens (tertiary/aromatic N) is 2. The van der Waals surface area contributed by atoms with E-state index in [2.05, 4.69) is 187 Å². The average Bonchev–Trinajstić information content (AvgIpc) is 3.64. The van der Waals surface area contributed by atoms with Crippen molar-refractivity contribution in [1.82, 2.24) is 10.3 Å². The molecule has 0 bridgehead atoms. The molecule has 1 fully saturated rings. The van der Waals surface area contributed by atoms with Crippen LogP contribution in [0.25, 0.3) is 0 Å². The van der Waals surface area contributed by atoms with Crippen molar-refractivity contribution in [2.45, 2.75) is 80.2 Å². The zero-order chi connectivity index (χ0) is 38.5. The van der Waals surface area contributed by atoms with Crippen LogP contribution in [-0.2, 0) is 8.85 Å². The lowest BCUT2D eigenvalue weighted by Crippen LogP contribution is -2.65. The monoisotopic (exact) mass is 775 g/mol. The lowest BCUT2D eigenvalue weighted by Gasteiger charge is -2.54. The second-order valence-corrected chi connectivity index (χ2v) is 22.4. The molecule has 284 valence electrons. The fourth-order valence-corrected chi connectivity index (χ4v) is 13.4. The number of amides is 1. The van der Waals surface area contributed by atoms with E-state index < -0.39 is 18.1 Å². The van der Waals surface area contributed by atoms with E-state index >= 15 is 0 Å². The Morgan fingerprint density at radius 2 is 1.26 bits per heavy atom. The van der Waals surface area contributed by atoms with Crippen LogP contribution in [-0.4, -0.2) is 53.9 Å². The first-order chi connectivity index (χ1) is 25.8. The Bertz CT molecular complexity index is 1840. The van der Waals surface area contributed by atoms with E-state index in [1.54, 1.807) is 0 Å². The van der Waals surface area contributed by atoms with Gasteiger partial charge in [0, 0.05) is 17.8 Å². The molecule has 6 nitrogen and oxygen atoms in total. The second kappa shape index (κ2) is 17.3. The fourth-order valence-electron chi connectivity index (χ4n) is 7.36. The Hall–Kier alpha value is -3.87. The molecule has 1 aromatic heterocycles. The largest absolute Gasteiger partial charge is 0.405 e. The van der Waals surface area contributed by atoms with Gasteiger partial charge in [0.2, 0.25) is 18.1 Å². The van der Waals surface area contributed by atoms with Crippen LogP contribution in [0.1, 0.15) is 72.3 Å². The molecule has 0 aliphatic carbocycles. The van der Waals surface area contributed by atoms with Crippen molar-refractivity contribution in [1.29, 1.82) is 0 Å². The summed E-state index contributed by atoms with van der Waals surface area (Å²) in [5.41, 5.74) is 0.233. The molecule has 0 spiro atoms. The molecule has 4 aromatic carbocycles. The van der Waals surface area contributed by atoms with Crippen molar-refractivity contribution in [2.75, 3.05) is 11.4 Å². The summed E-state index contributed by atoms with van der Waals surface area (Å²) in [6, 6.07) is 42.2. The molecule has 5 aromatic rings. The minimum Gasteiger partial charge on any atom is -0.405 e. The number of benzene rings is 4. The lowest BCUT2D eigenvalue weighted by molar-refractivity contribution is 0.00493. The summed E-state index contributed by atoms with van der Waals surface area (Å²) in [4.78, 5) is 21.5. The minimum atomic E-state index is -2.11. The van der Waals surface area contributed by atoms with Crippen molar-refractivity contribution in [3.63, 3.8) is 0 Å². The molecule has 0 saturated carbocycles. The molecule has 54 heavy (non-hydrogen) atoms. The van der Waals surface area contributed by atoms with Gasteiger partial charge in [-0.3, -0.25) is 4.79 Å². The molecular formula is C45H57N3O3SSi2. The first-order valence-corrected chi connectivity index (χ1v) is 23.5. The van der Waals surface area contributed by atoms with Gasteiger partial charge in [-0.15, -0.1) is 11.3 Å². The predicted molar refractivity (Wildman–Crippen MR) is 231 cm³/mol. The second-order valence-electron chi connectivity index (χ2n) is 16.9. The first-order valence-electron chi connectivity index (χ1n) is 19.4. The van der Waals surface area contributed by atoms with E-state index in [0.29, 0.717) is 11.6 Å². The summed E-state index contributed by atoms with van der Waals surface area (Å²) >= 11 is 1.52. The van der Waals surface area contributed by atoms with Gasteiger partial charge >= 0.3 is 0 Å². The highest BCUT2D eigenvalue weighted by Gasteiger charge is 2.49. The maximum Gasteiger partial charge on any atom is 0.271 e. The van der Waals surface area contributed by atoms with Gasteiger partial charge in [-0.25, -0.2) is 4.98 Å². The number of carbonyl (C=O) groups is 1. The third kappa shape index (κ3) is 9.32. The van der Waals surface area contributed by atoms with Crippen LogP contribution in [0.3, 0.4) is 0 Å². The van der Waals surface area contributed by atoms with E-state index in [0.717, 1.165) is 18.1 Å². The summed E-state index contributed by atoms with van der Waals surface area (Å²) in [5.74, 6) is 0.326. The van der Waals surface area contributed by atoms with Gasteiger partial charge in [0.25, 0.3) is 5.91 Å². The third-order valence-corrected chi connectivity index (χ3v) is 16.8. The van der Waals surface area contributed by atoms with E-state index in [1.807, 2.05) is 5.38 Å². The molecule has 1 aliphatic heterocycles. The smallest absolute Gasteiger partial charge is 0.271 e. The van der Waals surface area contributed by atoms with Crippen molar-refractivity contribution < 1.29 is 13.6 Å². The van der Waals surface area contributed by atoms with Gasteiger partial charge in [0.1, 0.15) is 11.9 Å². The summed E-state index contributed by atoms with van der Waals surface area (Å²) in [6.07, 6.45) is 0.528. The standard InChI is InChI=1S/C45H57N3O3SSi2/c1-9-32(2)39(40(45(6,7)8)50-53(33-22-14-10-15-23-33)34-24-16-11-17-25-34)47-41(49)38-31-52-43(46-38)48-30-37(44(3,4)5)42(48)51-54(35-26-18-12-19-27-35)36-28-20-13-21-29-36/h10-29,31-32,37,39-40,42,53-54H,9,30H2,1-8H3,(H,47,49)/t32-,37?,39-,40?,42?/m0/s1. The minimum absolute atomic E-state index is 0.0388. The number of hydrogen-bond acceptors (Lipinski definition) is 6. The van der Waals surface area contributed by atoms with Gasteiger partial charge in [-0.05, 0) is 37.5 Å². The van der Waals surface area contributed by atoms with Crippen molar-refractivity contribution in [2.24, 2.45) is 22.7 Å². The van der Waals surface area contributed by atoms with Gasteiger partial charge in [0.05, 0.1) is 12.1 Å². The van der Waals surface area contributed by atoms with Crippen LogP contribution in [0.5, 0.6) is 0 Å². The SMILES string of the molecule is CC[C@H](C)[C@H](NC(=O)c1csc(N2CC(C(C)(C)C)C2O[SiH](c2ccccc2)c2ccccc2)n1)C(O[SiH](c1ccccc1)c1ccccc1)C(C)(C)C. The van der Waals surface area contributed by atoms with E-state index in [9.17, 15) is 4.79 Å². The molecule has 1 saturated heterocycles. The van der Waals surface area contributed by atoms with E-state index in [1.165, 1.54) is 32.1 Å². The maximum atomic E-state index is 14.3. The molecule has 1 aliphatic rings. The zero-order valence-corrected chi connectivity index (χ0v) is 36.2. The third-order valence-electron chi connectivity index (χ3n) is 10.8. The number of anilines is 1. The quantitative estimate of drug-likeness (QED) is 0.129. The molecular weight excluding hydrogens is 719 g/mol. The van der Waals surface area contributed by atoms with Crippen LogP contribution in [0.15, 0.2) is 127 Å². The van der Waals surface area contributed by atoms with Crippen LogP contribution in [0.4, 0.5) is 5.13 Å². The van der Waals surface area contributed by atoms with Gasteiger partial charge in [0.15, 0.2) is 5.13 Å². The van der Waals surface area contributed by atoms with Gasteiger partial charge in [-0.2, -0.15) is 0 Å². The molecule has 3 unspecified atom stereocenters. The Balaban J connectivity index is 1.26. The molecule has 1 amide bonds. The molecule has 2 heterocycles. The number of carbonyl (C=O) groups excluding carboxylic acids is 1. The van der Waals surface area contributed by atoms with Crippen molar-refractivity contribution >= 4 is 61.2 Å². The molecule has 1 N–H and O–H groups in total. The summed E-state index contributed by atoms with van der Waals surface area (Å²) < 4.78 is 14.6.